The third kappa shape index (κ3) is 3.80. The predicted molar refractivity (Wildman–Crippen MR) is 75.8 cm³/mol. The molecule has 1 saturated carbocycles. The Morgan fingerprint density at radius 3 is 2.63 bits per heavy atom. The minimum Gasteiger partial charge on any atom is -0.337 e. The first-order chi connectivity index (χ1) is 8.99. The number of rotatable bonds is 4. The molecule has 3 heteroatoms. The molecule has 0 aromatic carbocycles. The molecule has 0 radical (unpaired) electrons. The second-order valence-corrected chi connectivity index (χ2v) is 6.87. The Labute approximate surface area is 116 Å². The Balaban J connectivity index is 1.77. The van der Waals surface area contributed by atoms with Crippen LogP contribution in [0.4, 0.5) is 0 Å². The van der Waals surface area contributed by atoms with Gasteiger partial charge in [-0.1, -0.05) is 25.7 Å². The number of hydrogen-bond acceptors (Lipinski definition) is 2. The maximum atomic E-state index is 12.3. The minimum absolute atomic E-state index is 0.246. The molecule has 108 valence electrons. The van der Waals surface area contributed by atoms with Gasteiger partial charge in [0.25, 0.3) is 0 Å². The highest BCUT2D eigenvalue weighted by molar-refractivity contribution is 5.85. The number of piperidine rings is 1. The fourth-order valence-corrected chi connectivity index (χ4v) is 3.64. The molecule has 0 unspecified atom stereocenters. The molecule has 19 heavy (non-hydrogen) atoms. The molecule has 1 aliphatic heterocycles. The molecule has 1 heterocycles. The first kappa shape index (κ1) is 14.5. The average molecular weight is 265 g/mol. The Morgan fingerprint density at radius 2 is 2.00 bits per heavy atom. The molecule has 2 fully saturated rings. The second-order valence-electron chi connectivity index (χ2n) is 6.87. The summed E-state index contributed by atoms with van der Waals surface area (Å²) >= 11 is 0. The number of ketones is 1. The van der Waals surface area contributed by atoms with E-state index in [0.717, 1.165) is 12.3 Å². The summed E-state index contributed by atoms with van der Waals surface area (Å²) in [5.74, 6) is 1.40. The van der Waals surface area contributed by atoms with Crippen molar-refractivity contribution in [2.45, 2.75) is 77.2 Å². The van der Waals surface area contributed by atoms with Gasteiger partial charge in [-0.25, -0.2) is 0 Å². The summed E-state index contributed by atoms with van der Waals surface area (Å²) in [7, 11) is 0. The van der Waals surface area contributed by atoms with Gasteiger partial charge in [-0.3, -0.25) is 9.59 Å². The van der Waals surface area contributed by atoms with Gasteiger partial charge >= 0.3 is 0 Å². The van der Waals surface area contributed by atoms with Crippen LogP contribution in [0.1, 0.15) is 71.6 Å². The van der Waals surface area contributed by atoms with Crippen LogP contribution in [0, 0.1) is 5.92 Å². The van der Waals surface area contributed by atoms with Gasteiger partial charge in [-0.2, -0.15) is 0 Å². The van der Waals surface area contributed by atoms with Crippen molar-refractivity contribution < 1.29 is 9.59 Å². The van der Waals surface area contributed by atoms with E-state index in [2.05, 4.69) is 0 Å². The van der Waals surface area contributed by atoms with Crippen LogP contribution in [0.15, 0.2) is 0 Å². The van der Waals surface area contributed by atoms with Crippen LogP contribution in [-0.4, -0.2) is 28.7 Å². The summed E-state index contributed by atoms with van der Waals surface area (Å²) in [6.07, 6.45) is 9.41. The van der Waals surface area contributed by atoms with Gasteiger partial charge in [0.1, 0.15) is 5.78 Å². The van der Waals surface area contributed by atoms with Crippen LogP contribution in [0.2, 0.25) is 0 Å². The van der Waals surface area contributed by atoms with Crippen molar-refractivity contribution in [1.82, 2.24) is 4.90 Å². The van der Waals surface area contributed by atoms with E-state index in [4.69, 9.17) is 0 Å². The first-order valence-electron chi connectivity index (χ1n) is 7.81. The number of hydrogen-bond donors (Lipinski definition) is 0. The molecule has 1 aliphatic carbocycles. The highest BCUT2D eigenvalue weighted by atomic mass is 16.2. The van der Waals surface area contributed by atoms with Gasteiger partial charge in [0.15, 0.2) is 0 Å². The molecule has 0 aromatic heterocycles. The fourth-order valence-electron chi connectivity index (χ4n) is 3.64. The summed E-state index contributed by atoms with van der Waals surface area (Å²) in [4.78, 5) is 25.7. The van der Waals surface area contributed by atoms with E-state index in [0.29, 0.717) is 31.6 Å². The number of carbonyl (C=O) groups is 2. The van der Waals surface area contributed by atoms with Crippen LogP contribution in [0.3, 0.4) is 0 Å². The Bertz CT molecular complexity index is 343. The van der Waals surface area contributed by atoms with Gasteiger partial charge < -0.3 is 4.90 Å². The van der Waals surface area contributed by atoms with Crippen LogP contribution in [0.5, 0.6) is 0 Å². The number of Topliss-reactive ketones (excluding diaryl/α,β-unsaturated/α-hetero) is 1. The maximum absolute atomic E-state index is 12.3. The molecule has 2 rings (SSSR count). The summed E-state index contributed by atoms with van der Waals surface area (Å²) in [5.41, 5.74) is -0.278. The smallest absolute Gasteiger partial charge is 0.223 e. The molecule has 0 atom stereocenters. The maximum Gasteiger partial charge on any atom is 0.223 e. The normalized spacial score (nSPS) is 23.9. The zero-order chi connectivity index (χ0) is 13.9. The number of carbonyl (C=O) groups excluding carboxylic acids is 2. The average Bonchev–Trinajstić information content (AvgIpc) is 2.80. The van der Waals surface area contributed by atoms with Gasteiger partial charge in [-0.15, -0.1) is 0 Å². The van der Waals surface area contributed by atoms with Crippen LogP contribution >= 0.6 is 0 Å². The van der Waals surface area contributed by atoms with Crippen molar-refractivity contribution in [1.29, 1.82) is 0 Å². The lowest BCUT2D eigenvalue weighted by atomic mass is 9.89. The topological polar surface area (TPSA) is 37.4 Å². The van der Waals surface area contributed by atoms with E-state index >= 15 is 0 Å². The SMILES string of the molecule is CC1(C)CC(=O)CCN1C(=O)CCCC1CCCC1. The van der Waals surface area contributed by atoms with E-state index in [1.807, 2.05) is 18.7 Å². The summed E-state index contributed by atoms with van der Waals surface area (Å²) in [6.45, 7) is 4.64. The lowest BCUT2D eigenvalue weighted by Crippen LogP contribution is -2.53. The molecule has 0 N–H and O–H groups in total. The minimum atomic E-state index is -0.278. The zero-order valence-electron chi connectivity index (χ0n) is 12.4. The van der Waals surface area contributed by atoms with Gasteiger partial charge in [-0.05, 0) is 32.6 Å². The molecule has 0 spiro atoms. The molecular formula is C16H27NO2. The van der Waals surface area contributed by atoms with E-state index < -0.39 is 0 Å². The lowest BCUT2D eigenvalue weighted by Gasteiger charge is -2.41. The van der Waals surface area contributed by atoms with Crippen molar-refractivity contribution in [2.24, 2.45) is 5.92 Å². The molecule has 0 bridgehead atoms. The molecule has 3 nitrogen and oxygen atoms in total. The first-order valence-corrected chi connectivity index (χ1v) is 7.81. The van der Waals surface area contributed by atoms with Crippen molar-refractivity contribution >= 4 is 11.7 Å². The van der Waals surface area contributed by atoms with Gasteiger partial charge in [0.2, 0.25) is 5.91 Å². The van der Waals surface area contributed by atoms with Crippen molar-refractivity contribution in [3.63, 3.8) is 0 Å². The van der Waals surface area contributed by atoms with E-state index in [-0.39, 0.29) is 11.4 Å². The second kappa shape index (κ2) is 6.06. The van der Waals surface area contributed by atoms with Crippen LogP contribution < -0.4 is 0 Å². The molecule has 1 amide bonds. The zero-order valence-corrected chi connectivity index (χ0v) is 12.4. The van der Waals surface area contributed by atoms with Crippen molar-refractivity contribution in [3.05, 3.63) is 0 Å². The fraction of sp³-hybridized carbons (Fsp3) is 0.875. The van der Waals surface area contributed by atoms with Crippen molar-refractivity contribution in [2.75, 3.05) is 6.54 Å². The molecular weight excluding hydrogens is 238 g/mol. The Kier molecular flexibility index (Phi) is 4.64. The lowest BCUT2D eigenvalue weighted by molar-refractivity contribution is -0.142. The van der Waals surface area contributed by atoms with Crippen LogP contribution in [0.25, 0.3) is 0 Å². The monoisotopic (exact) mass is 265 g/mol. The highest BCUT2D eigenvalue weighted by Crippen LogP contribution is 2.30. The summed E-state index contributed by atoms with van der Waals surface area (Å²) in [5, 5.41) is 0. The van der Waals surface area contributed by atoms with Crippen molar-refractivity contribution in [3.8, 4) is 0 Å². The van der Waals surface area contributed by atoms with Gasteiger partial charge in [0.05, 0.1) is 0 Å². The van der Waals surface area contributed by atoms with E-state index in [9.17, 15) is 9.59 Å². The molecule has 2 aliphatic rings. The third-order valence-corrected chi connectivity index (χ3v) is 4.75. The quantitative estimate of drug-likeness (QED) is 0.782. The third-order valence-electron chi connectivity index (χ3n) is 4.75. The van der Waals surface area contributed by atoms with Gasteiger partial charge in [0, 0.05) is 31.3 Å². The predicted octanol–water partition coefficient (Wildman–Crippen LogP) is 3.32. The summed E-state index contributed by atoms with van der Waals surface area (Å²) < 4.78 is 0. The summed E-state index contributed by atoms with van der Waals surface area (Å²) in [6, 6.07) is 0. The van der Waals surface area contributed by atoms with E-state index in [1.54, 1.807) is 0 Å². The number of nitrogens with zero attached hydrogens (tertiary/aromatic N) is 1. The number of likely N-dealkylation sites (tertiary alicyclic amines) is 1. The van der Waals surface area contributed by atoms with Crippen LogP contribution in [-0.2, 0) is 9.59 Å². The molecule has 1 saturated heterocycles. The number of amides is 1. The Morgan fingerprint density at radius 1 is 1.32 bits per heavy atom. The largest absolute Gasteiger partial charge is 0.337 e. The van der Waals surface area contributed by atoms with E-state index in [1.165, 1.54) is 32.1 Å². The Hall–Kier alpha value is -0.860. The highest BCUT2D eigenvalue weighted by Gasteiger charge is 2.36. The standard InChI is InChI=1S/C16H27NO2/c1-16(2)12-14(18)10-11-17(16)15(19)9-5-8-13-6-3-4-7-13/h13H,3-12H2,1-2H3. The molecule has 0 aromatic rings.